The van der Waals surface area contributed by atoms with Crippen LogP contribution >= 0.6 is 23.8 Å². The smallest absolute Gasteiger partial charge is 0.378 e. The summed E-state index contributed by atoms with van der Waals surface area (Å²) >= 11 is 3.54. The van der Waals surface area contributed by atoms with Crippen LogP contribution in [0.4, 0.5) is 5.69 Å². The van der Waals surface area contributed by atoms with Crippen LogP contribution in [0.3, 0.4) is 0 Å². The quantitative estimate of drug-likeness (QED) is 0.261. The highest BCUT2D eigenvalue weighted by atomic mass is 79.9. The zero-order valence-electron chi connectivity index (χ0n) is 21.7. The van der Waals surface area contributed by atoms with Gasteiger partial charge in [0.15, 0.2) is 6.73 Å². The van der Waals surface area contributed by atoms with Crippen LogP contribution in [0.2, 0.25) is 0 Å². The molecule has 0 atom stereocenters. The van der Waals surface area contributed by atoms with Crippen molar-refractivity contribution in [1.29, 1.82) is 0 Å². The van der Waals surface area contributed by atoms with Crippen molar-refractivity contribution in [3.8, 4) is 22.5 Å². The monoisotopic (exact) mass is 563 g/mol. The predicted octanol–water partition coefficient (Wildman–Crippen LogP) is 7.76. The molecule has 0 bridgehead atoms. The lowest BCUT2D eigenvalue weighted by atomic mass is 10.1. The number of halogens is 1. The Morgan fingerprint density at radius 3 is 2.03 bits per heavy atom. The lowest BCUT2D eigenvalue weighted by Gasteiger charge is -2.30. The topological polar surface area (TPSA) is 65.8 Å². The van der Waals surface area contributed by atoms with E-state index in [0.29, 0.717) is 0 Å². The molecule has 9 heteroatoms. The zero-order valence-corrected chi connectivity index (χ0v) is 24.2. The fourth-order valence-electron chi connectivity index (χ4n) is 3.33. The average molecular weight is 564 g/mol. The maximum atomic E-state index is 13.6. The number of anilines is 1. The van der Waals surface area contributed by atoms with E-state index in [1.807, 2.05) is 115 Å². The van der Waals surface area contributed by atoms with Gasteiger partial charge in [0.05, 0.1) is 22.6 Å². The van der Waals surface area contributed by atoms with E-state index in [-0.39, 0.29) is 6.73 Å². The largest absolute Gasteiger partial charge is 0.477 e. The SMILES string of the molecule is CN(C)c1ccc(-c2cc(-c3cccc(Br)c3)n(COP(=O)(OC(C)(C)C)OC(C)(C)C)n2)cc1. The number of rotatable bonds is 8. The highest BCUT2D eigenvalue weighted by Crippen LogP contribution is 2.55. The van der Waals surface area contributed by atoms with E-state index >= 15 is 0 Å². The van der Waals surface area contributed by atoms with Crippen LogP contribution in [-0.4, -0.2) is 35.1 Å². The van der Waals surface area contributed by atoms with Crippen molar-refractivity contribution < 1.29 is 18.1 Å². The molecule has 2 aromatic carbocycles. The van der Waals surface area contributed by atoms with Crippen molar-refractivity contribution >= 4 is 29.4 Å². The summed E-state index contributed by atoms with van der Waals surface area (Å²) in [6.07, 6.45) is 0. The average Bonchev–Trinajstić information content (AvgIpc) is 3.14. The molecule has 0 fully saturated rings. The molecule has 0 saturated heterocycles. The molecule has 1 heterocycles. The molecule has 0 aliphatic carbocycles. The van der Waals surface area contributed by atoms with Crippen LogP contribution in [0.5, 0.6) is 0 Å². The molecular weight excluding hydrogens is 529 g/mol. The van der Waals surface area contributed by atoms with Crippen LogP contribution in [-0.2, 0) is 24.9 Å². The lowest BCUT2D eigenvalue weighted by Crippen LogP contribution is -2.25. The van der Waals surface area contributed by atoms with E-state index in [4.69, 9.17) is 18.7 Å². The van der Waals surface area contributed by atoms with Gasteiger partial charge in [-0.25, -0.2) is 9.25 Å². The van der Waals surface area contributed by atoms with E-state index < -0.39 is 19.0 Å². The molecular formula is C26H35BrN3O4P. The second-order valence-corrected chi connectivity index (χ2v) is 12.9. The zero-order chi connectivity index (χ0) is 26.0. The summed E-state index contributed by atoms with van der Waals surface area (Å²) in [6.45, 7) is 10.8. The molecule has 0 unspecified atom stereocenters. The van der Waals surface area contributed by atoms with Gasteiger partial charge in [0.25, 0.3) is 0 Å². The molecule has 0 amide bonds. The van der Waals surface area contributed by atoms with Crippen molar-refractivity contribution in [2.24, 2.45) is 0 Å². The van der Waals surface area contributed by atoms with E-state index in [1.54, 1.807) is 4.68 Å². The normalized spacial score (nSPS) is 12.7. The number of benzene rings is 2. The number of phosphoric ester groups is 1. The third-order valence-electron chi connectivity index (χ3n) is 4.69. The Hall–Kier alpha value is -1.96. The molecule has 0 aliphatic rings. The summed E-state index contributed by atoms with van der Waals surface area (Å²) in [4.78, 5) is 2.05. The minimum absolute atomic E-state index is 0.110. The summed E-state index contributed by atoms with van der Waals surface area (Å²) in [5.41, 5.74) is 3.14. The van der Waals surface area contributed by atoms with Gasteiger partial charge >= 0.3 is 7.82 Å². The second kappa shape index (κ2) is 10.6. The van der Waals surface area contributed by atoms with Crippen molar-refractivity contribution in [2.75, 3.05) is 19.0 Å². The Morgan fingerprint density at radius 1 is 0.914 bits per heavy atom. The first-order chi connectivity index (χ1) is 16.1. The van der Waals surface area contributed by atoms with E-state index in [1.165, 1.54) is 0 Å². The van der Waals surface area contributed by atoms with Crippen molar-refractivity contribution in [3.05, 3.63) is 59.1 Å². The maximum Gasteiger partial charge on any atom is 0.477 e. The molecule has 190 valence electrons. The number of hydrogen-bond acceptors (Lipinski definition) is 6. The summed E-state index contributed by atoms with van der Waals surface area (Å²) in [6, 6.07) is 18.1. The molecule has 0 N–H and O–H groups in total. The Bertz CT molecular complexity index is 1170. The first kappa shape index (κ1) is 27.6. The van der Waals surface area contributed by atoms with Gasteiger partial charge in [-0.3, -0.25) is 13.6 Å². The predicted molar refractivity (Wildman–Crippen MR) is 145 cm³/mol. The maximum absolute atomic E-state index is 13.6. The minimum Gasteiger partial charge on any atom is -0.378 e. The Morgan fingerprint density at radius 2 is 1.51 bits per heavy atom. The summed E-state index contributed by atoms with van der Waals surface area (Å²) < 4.78 is 33.6. The van der Waals surface area contributed by atoms with E-state index in [2.05, 4.69) is 15.9 Å². The number of aromatic nitrogens is 2. The fraction of sp³-hybridized carbons (Fsp3) is 0.423. The van der Waals surface area contributed by atoms with Gasteiger partial charge in [-0.2, -0.15) is 5.10 Å². The highest BCUT2D eigenvalue weighted by molar-refractivity contribution is 9.10. The molecule has 0 spiro atoms. The van der Waals surface area contributed by atoms with Crippen LogP contribution in [0, 0.1) is 0 Å². The lowest BCUT2D eigenvalue weighted by molar-refractivity contribution is -0.00732. The molecule has 1 aromatic heterocycles. The van der Waals surface area contributed by atoms with Gasteiger partial charge in [-0.15, -0.1) is 0 Å². The van der Waals surface area contributed by atoms with E-state index in [0.717, 1.165) is 32.7 Å². The fourth-order valence-corrected chi connectivity index (χ4v) is 5.47. The van der Waals surface area contributed by atoms with Gasteiger partial charge in [0.1, 0.15) is 0 Å². The van der Waals surface area contributed by atoms with Gasteiger partial charge in [0, 0.05) is 35.4 Å². The molecule has 0 radical (unpaired) electrons. The second-order valence-electron chi connectivity index (χ2n) is 10.5. The van der Waals surface area contributed by atoms with Crippen molar-refractivity contribution in [1.82, 2.24) is 9.78 Å². The van der Waals surface area contributed by atoms with Gasteiger partial charge < -0.3 is 4.90 Å². The minimum atomic E-state index is -3.90. The molecule has 35 heavy (non-hydrogen) atoms. The van der Waals surface area contributed by atoms with Gasteiger partial charge in [-0.05, 0) is 71.9 Å². The number of nitrogens with zero attached hydrogens (tertiary/aromatic N) is 3. The van der Waals surface area contributed by atoms with Crippen molar-refractivity contribution in [3.63, 3.8) is 0 Å². The summed E-state index contributed by atoms with van der Waals surface area (Å²) in [5, 5.41) is 4.79. The first-order valence-corrected chi connectivity index (χ1v) is 13.7. The van der Waals surface area contributed by atoms with E-state index in [9.17, 15) is 4.57 Å². The molecule has 0 saturated carbocycles. The highest BCUT2D eigenvalue weighted by Gasteiger charge is 2.37. The van der Waals surface area contributed by atoms with Crippen molar-refractivity contribution in [2.45, 2.75) is 59.5 Å². The molecule has 3 aromatic rings. The van der Waals surface area contributed by atoms with Crippen LogP contribution in [0.1, 0.15) is 41.5 Å². The van der Waals surface area contributed by atoms with Gasteiger partial charge in [0.2, 0.25) is 0 Å². The Balaban J connectivity index is 1.99. The summed E-state index contributed by atoms with van der Waals surface area (Å²) in [7, 11) is 0.103. The summed E-state index contributed by atoms with van der Waals surface area (Å²) in [5.74, 6) is 0. The third kappa shape index (κ3) is 8.02. The molecule has 0 aliphatic heterocycles. The standard InChI is InChI=1S/C26H35BrN3O4P/c1-25(2,3)33-35(31,34-26(4,5)6)32-18-30-24(20-10-9-11-21(27)16-20)17-23(28-30)19-12-14-22(15-13-19)29(7)8/h9-17H,18H2,1-8H3. The Labute approximate surface area is 217 Å². The molecule has 3 rings (SSSR count). The Kier molecular flexibility index (Phi) is 8.34. The first-order valence-electron chi connectivity index (χ1n) is 11.4. The number of hydrogen-bond donors (Lipinski definition) is 0. The molecule has 7 nitrogen and oxygen atoms in total. The third-order valence-corrected chi connectivity index (χ3v) is 7.16. The number of phosphoric acid groups is 1. The van der Waals surface area contributed by atoms with Crippen LogP contribution in [0.25, 0.3) is 22.5 Å². The van der Waals surface area contributed by atoms with Crippen LogP contribution in [0.15, 0.2) is 59.1 Å². The van der Waals surface area contributed by atoms with Gasteiger partial charge in [-0.1, -0.05) is 40.2 Å². The van der Waals surface area contributed by atoms with Crippen LogP contribution < -0.4 is 4.90 Å².